The van der Waals surface area contributed by atoms with Crippen LogP contribution in [0, 0.1) is 5.92 Å². The lowest BCUT2D eigenvalue weighted by atomic mass is 9.92. The van der Waals surface area contributed by atoms with Crippen LogP contribution in [-0.2, 0) is 16.0 Å². The quantitative estimate of drug-likeness (QED) is 0.672. The lowest BCUT2D eigenvalue weighted by Gasteiger charge is -2.10. The van der Waals surface area contributed by atoms with Crippen LogP contribution >= 0.6 is 0 Å². The van der Waals surface area contributed by atoms with Gasteiger partial charge >= 0.3 is 5.97 Å². The summed E-state index contributed by atoms with van der Waals surface area (Å²) in [4.78, 5) is 12.2. The Kier molecular flexibility index (Phi) is 4.16. The fraction of sp³-hybridized carbons (Fsp3) is 0.250. The molecule has 2 aliphatic rings. The van der Waals surface area contributed by atoms with Crippen LogP contribution in [0.5, 0.6) is 23.0 Å². The van der Waals surface area contributed by atoms with E-state index < -0.39 is 0 Å². The lowest BCUT2D eigenvalue weighted by Crippen LogP contribution is -2.07. The van der Waals surface area contributed by atoms with E-state index in [4.69, 9.17) is 18.9 Å². The Morgan fingerprint density at radius 2 is 2.00 bits per heavy atom. The number of benzene rings is 2. The van der Waals surface area contributed by atoms with E-state index in [2.05, 4.69) is 0 Å². The summed E-state index contributed by atoms with van der Waals surface area (Å²) in [7, 11) is 1.49. The van der Waals surface area contributed by atoms with E-state index in [9.17, 15) is 9.90 Å². The number of phenols is 1. The van der Waals surface area contributed by atoms with Gasteiger partial charge in [0.15, 0.2) is 23.0 Å². The van der Waals surface area contributed by atoms with Crippen molar-refractivity contribution < 1.29 is 28.8 Å². The average Bonchev–Trinajstić information content (AvgIpc) is 3.23. The molecule has 0 aliphatic carbocycles. The third-order valence-corrected chi connectivity index (χ3v) is 4.54. The topological polar surface area (TPSA) is 74.2 Å². The predicted octanol–water partition coefficient (Wildman–Crippen LogP) is 2.93. The van der Waals surface area contributed by atoms with Crippen molar-refractivity contribution >= 4 is 12.0 Å². The van der Waals surface area contributed by atoms with Crippen LogP contribution in [-0.4, -0.2) is 31.6 Å². The largest absolute Gasteiger partial charge is 0.504 e. The minimum atomic E-state index is -0.328. The van der Waals surface area contributed by atoms with Gasteiger partial charge in [-0.25, -0.2) is 4.79 Å². The van der Waals surface area contributed by atoms with Crippen molar-refractivity contribution in [1.82, 2.24) is 0 Å². The first-order valence-electron chi connectivity index (χ1n) is 8.28. The molecule has 0 saturated carbocycles. The highest BCUT2D eigenvalue weighted by molar-refractivity contribution is 5.96. The average molecular weight is 354 g/mol. The molecule has 2 heterocycles. The number of phenolic OH excluding ortho intramolecular Hbond substituents is 1. The van der Waals surface area contributed by atoms with E-state index in [1.807, 2.05) is 18.2 Å². The number of rotatable bonds is 4. The Labute approximate surface area is 150 Å². The maximum Gasteiger partial charge on any atom is 0.334 e. The van der Waals surface area contributed by atoms with E-state index in [0.29, 0.717) is 29.9 Å². The van der Waals surface area contributed by atoms with Gasteiger partial charge in [-0.2, -0.15) is 0 Å². The second kappa shape index (κ2) is 6.63. The van der Waals surface area contributed by atoms with E-state index in [-0.39, 0.29) is 24.4 Å². The van der Waals surface area contributed by atoms with Crippen molar-refractivity contribution in [2.75, 3.05) is 20.5 Å². The molecule has 134 valence electrons. The summed E-state index contributed by atoms with van der Waals surface area (Å²) in [5.41, 5.74) is 2.35. The summed E-state index contributed by atoms with van der Waals surface area (Å²) in [6.07, 6.45) is 2.41. The zero-order valence-electron chi connectivity index (χ0n) is 14.2. The van der Waals surface area contributed by atoms with Gasteiger partial charge in [0.2, 0.25) is 6.79 Å². The normalized spacial score (nSPS) is 19.7. The Bertz CT molecular complexity index is 886. The van der Waals surface area contributed by atoms with Crippen LogP contribution in [0.1, 0.15) is 11.1 Å². The number of methoxy groups -OCH3 is 1. The summed E-state index contributed by atoms with van der Waals surface area (Å²) < 4.78 is 21.0. The second-order valence-corrected chi connectivity index (χ2v) is 6.22. The zero-order valence-corrected chi connectivity index (χ0v) is 14.2. The fourth-order valence-corrected chi connectivity index (χ4v) is 3.19. The fourth-order valence-electron chi connectivity index (χ4n) is 3.19. The molecule has 4 rings (SSSR count). The van der Waals surface area contributed by atoms with Crippen LogP contribution < -0.4 is 14.2 Å². The van der Waals surface area contributed by atoms with Crippen molar-refractivity contribution in [3.8, 4) is 23.0 Å². The van der Waals surface area contributed by atoms with E-state index in [1.54, 1.807) is 24.3 Å². The molecule has 1 unspecified atom stereocenters. The number of esters is 1. The summed E-state index contributed by atoms with van der Waals surface area (Å²) in [5.74, 6) is 1.48. The van der Waals surface area contributed by atoms with Gasteiger partial charge in [-0.15, -0.1) is 0 Å². The molecule has 6 heteroatoms. The highest BCUT2D eigenvalue weighted by Crippen LogP contribution is 2.35. The number of fused-ring (bicyclic) bond motifs is 1. The summed E-state index contributed by atoms with van der Waals surface area (Å²) in [5, 5.41) is 9.93. The highest BCUT2D eigenvalue weighted by Gasteiger charge is 2.31. The van der Waals surface area contributed by atoms with Gasteiger partial charge < -0.3 is 24.1 Å². The third kappa shape index (κ3) is 3.06. The Balaban J connectivity index is 1.58. The molecule has 1 saturated heterocycles. The lowest BCUT2D eigenvalue weighted by molar-refractivity contribution is -0.135. The number of ether oxygens (including phenoxy) is 4. The summed E-state index contributed by atoms with van der Waals surface area (Å²) >= 11 is 0. The van der Waals surface area contributed by atoms with Crippen LogP contribution in [0.3, 0.4) is 0 Å². The Morgan fingerprint density at radius 3 is 2.81 bits per heavy atom. The Hall–Kier alpha value is -3.15. The minimum absolute atomic E-state index is 0.0283. The molecule has 2 aromatic carbocycles. The first kappa shape index (κ1) is 16.3. The molecule has 2 aromatic rings. The van der Waals surface area contributed by atoms with E-state index >= 15 is 0 Å². The van der Waals surface area contributed by atoms with Gasteiger partial charge in [0.1, 0.15) is 0 Å². The number of carbonyl (C=O) groups is 1. The first-order valence-corrected chi connectivity index (χ1v) is 8.28. The highest BCUT2D eigenvalue weighted by atomic mass is 16.7. The third-order valence-electron chi connectivity index (χ3n) is 4.54. The molecule has 1 fully saturated rings. The maximum absolute atomic E-state index is 12.2. The van der Waals surface area contributed by atoms with E-state index in [0.717, 1.165) is 17.1 Å². The van der Waals surface area contributed by atoms with Gasteiger partial charge in [-0.05, 0) is 47.9 Å². The van der Waals surface area contributed by atoms with E-state index in [1.165, 1.54) is 7.11 Å². The van der Waals surface area contributed by atoms with Crippen LogP contribution in [0.2, 0.25) is 0 Å². The number of hydrogen-bond donors (Lipinski definition) is 1. The number of cyclic esters (lactones) is 1. The summed E-state index contributed by atoms with van der Waals surface area (Å²) in [6.45, 7) is 0.567. The molecule has 0 spiro atoms. The molecule has 0 bridgehead atoms. The molecular formula is C20H18O6. The van der Waals surface area contributed by atoms with Gasteiger partial charge in [-0.1, -0.05) is 12.1 Å². The van der Waals surface area contributed by atoms with Gasteiger partial charge in [-0.3, -0.25) is 0 Å². The van der Waals surface area contributed by atoms with Crippen molar-refractivity contribution in [3.63, 3.8) is 0 Å². The minimum Gasteiger partial charge on any atom is -0.504 e. The van der Waals surface area contributed by atoms with Gasteiger partial charge in [0.25, 0.3) is 0 Å². The molecule has 1 N–H and O–H groups in total. The number of carbonyl (C=O) groups excluding carboxylic acids is 1. The number of hydrogen-bond acceptors (Lipinski definition) is 6. The first-order chi connectivity index (χ1) is 12.6. The molecule has 2 aliphatic heterocycles. The van der Waals surface area contributed by atoms with Gasteiger partial charge in [0, 0.05) is 11.5 Å². The SMILES string of the molecule is COc1ccc(/C=C2/C(=O)OCC2Cc2ccc3c(c2)OCO3)cc1O. The van der Waals surface area contributed by atoms with Crippen molar-refractivity contribution in [2.24, 2.45) is 5.92 Å². The molecule has 26 heavy (non-hydrogen) atoms. The maximum atomic E-state index is 12.2. The monoisotopic (exact) mass is 354 g/mol. The van der Waals surface area contributed by atoms with Crippen LogP contribution in [0.4, 0.5) is 0 Å². The predicted molar refractivity (Wildman–Crippen MR) is 93.4 cm³/mol. The summed E-state index contributed by atoms with van der Waals surface area (Å²) in [6, 6.07) is 10.8. The van der Waals surface area contributed by atoms with Crippen molar-refractivity contribution in [3.05, 3.63) is 53.1 Å². The Morgan fingerprint density at radius 1 is 1.15 bits per heavy atom. The van der Waals surface area contributed by atoms with Crippen LogP contribution in [0.25, 0.3) is 6.08 Å². The molecule has 1 atom stereocenters. The number of aromatic hydroxyl groups is 1. The smallest absolute Gasteiger partial charge is 0.334 e. The zero-order chi connectivity index (χ0) is 18.1. The van der Waals surface area contributed by atoms with Crippen molar-refractivity contribution in [2.45, 2.75) is 6.42 Å². The molecule has 0 amide bonds. The second-order valence-electron chi connectivity index (χ2n) is 6.22. The van der Waals surface area contributed by atoms with Gasteiger partial charge in [0.05, 0.1) is 13.7 Å². The molecule has 0 radical (unpaired) electrons. The molecular weight excluding hydrogens is 336 g/mol. The van der Waals surface area contributed by atoms with Crippen molar-refractivity contribution in [1.29, 1.82) is 0 Å². The van der Waals surface area contributed by atoms with Crippen LogP contribution in [0.15, 0.2) is 42.0 Å². The standard InChI is InChI=1S/C20H18O6/c1-23-17-4-2-13(8-16(17)21)7-15-14(10-24-20(15)22)6-12-3-5-18-19(9-12)26-11-25-18/h2-5,7-9,14,21H,6,10-11H2,1H3/b15-7+. The molecule has 0 aromatic heterocycles. The molecule has 6 nitrogen and oxygen atoms in total.